The normalized spacial score (nSPS) is 14.5. The second kappa shape index (κ2) is 8.85. The summed E-state index contributed by atoms with van der Waals surface area (Å²) in [6.07, 6.45) is 1.57. The van der Waals surface area contributed by atoms with Crippen LogP contribution in [0.1, 0.15) is 6.92 Å². The molecule has 7 nitrogen and oxygen atoms in total. The zero-order chi connectivity index (χ0) is 21.8. The van der Waals surface area contributed by atoms with Crippen LogP contribution >= 0.6 is 0 Å². The first-order chi connectivity index (χ1) is 15.0. The molecule has 1 aliphatic heterocycles. The van der Waals surface area contributed by atoms with E-state index in [4.69, 9.17) is 0 Å². The van der Waals surface area contributed by atoms with Crippen LogP contribution in [0, 0.1) is 0 Å². The molecule has 8 heteroatoms. The number of phenolic OH excluding ortho intramolecular Hbond substituents is 1. The maximum atomic E-state index is 13.1. The molecule has 3 aromatic rings. The minimum absolute atomic E-state index is 0.240. The Morgan fingerprint density at radius 2 is 1.55 bits per heavy atom. The number of pyridine rings is 1. The van der Waals surface area contributed by atoms with Crippen LogP contribution in [-0.4, -0.2) is 46.2 Å². The molecule has 0 radical (unpaired) electrons. The molecule has 2 aromatic carbocycles. The van der Waals surface area contributed by atoms with Crippen molar-refractivity contribution in [3.8, 4) is 5.75 Å². The second-order valence-electron chi connectivity index (χ2n) is 7.41. The van der Waals surface area contributed by atoms with Crippen LogP contribution < -0.4 is 19.1 Å². The highest BCUT2D eigenvalue weighted by molar-refractivity contribution is 7.92. The largest absolute Gasteiger partial charge is 0.508 e. The summed E-state index contributed by atoms with van der Waals surface area (Å²) in [5.74, 6) is 1.16. The Kier molecular flexibility index (Phi) is 5.99. The standard InChI is InChI=1S/C23H26N4O3S/c1-2-27(20-6-4-3-5-7-20)31(29,30)22-12-13-23(24-18-22)26-16-14-25(15-17-26)19-8-10-21(28)11-9-19/h3-13,18,28H,2,14-17H2,1H3/p+1. The van der Waals surface area contributed by atoms with Gasteiger partial charge >= 0.3 is 0 Å². The maximum Gasteiger partial charge on any atom is 0.274 e. The van der Waals surface area contributed by atoms with E-state index in [0.717, 1.165) is 37.7 Å². The van der Waals surface area contributed by atoms with Crippen molar-refractivity contribution >= 4 is 27.2 Å². The van der Waals surface area contributed by atoms with Crippen LogP contribution in [0.15, 0.2) is 77.8 Å². The molecule has 0 atom stereocenters. The van der Waals surface area contributed by atoms with E-state index in [-0.39, 0.29) is 10.6 Å². The van der Waals surface area contributed by atoms with Crippen molar-refractivity contribution in [1.29, 1.82) is 0 Å². The average molecular weight is 440 g/mol. The average Bonchev–Trinajstić information content (AvgIpc) is 2.81. The SMILES string of the molecule is CCN(c1ccccc1)S(=O)(=O)c1ccc(N2CCN(c3ccc(O)cc3)CC2)[nH+]c1. The van der Waals surface area contributed by atoms with Gasteiger partial charge in [-0.3, -0.25) is 9.21 Å². The summed E-state index contributed by atoms with van der Waals surface area (Å²) in [4.78, 5) is 7.90. The van der Waals surface area contributed by atoms with Gasteiger partial charge in [-0.1, -0.05) is 18.2 Å². The van der Waals surface area contributed by atoms with Crippen molar-refractivity contribution in [2.24, 2.45) is 0 Å². The van der Waals surface area contributed by atoms with E-state index in [1.165, 1.54) is 4.31 Å². The van der Waals surface area contributed by atoms with Gasteiger partial charge in [0.05, 0.1) is 18.8 Å². The molecule has 0 bridgehead atoms. The number of anilines is 3. The number of nitrogens with one attached hydrogen (secondary N) is 1. The Balaban J connectivity index is 1.45. The number of aromatic amines is 1. The van der Waals surface area contributed by atoms with Crippen molar-refractivity contribution in [3.05, 3.63) is 72.9 Å². The number of hydrogen-bond acceptors (Lipinski definition) is 5. The van der Waals surface area contributed by atoms with Gasteiger partial charge in [-0.2, -0.15) is 0 Å². The quantitative estimate of drug-likeness (QED) is 0.639. The molecule has 0 aliphatic carbocycles. The van der Waals surface area contributed by atoms with Crippen LogP contribution in [0.2, 0.25) is 0 Å². The Labute approximate surface area is 183 Å². The topological polar surface area (TPSA) is 78.2 Å². The zero-order valence-electron chi connectivity index (χ0n) is 17.5. The summed E-state index contributed by atoms with van der Waals surface area (Å²) in [7, 11) is -3.65. The molecule has 1 aromatic heterocycles. The molecular formula is C23H27N4O3S+. The summed E-state index contributed by atoms with van der Waals surface area (Å²) in [6, 6.07) is 19.9. The summed E-state index contributed by atoms with van der Waals surface area (Å²) in [5, 5.41) is 9.46. The van der Waals surface area contributed by atoms with Crippen molar-refractivity contribution in [3.63, 3.8) is 0 Å². The highest BCUT2D eigenvalue weighted by Gasteiger charge is 2.27. The molecule has 2 N–H and O–H groups in total. The minimum Gasteiger partial charge on any atom is -0.508 e. The molecule has 1 aliphatic rings. The number of piperazine rings is 1. The predicted octanol–water partition coefficient (Wildman–Crippen LogP) is 2.75. The van der Waals surface area contributed by atoms with Gasteiger partial charge in [-0.15, -0.1) is 0 Å². The highest BCUT2D eigenvalue weighted by Crippen LogP contribution is 2.24. The number of hydrogen-bond donors (Lipinski definition) is 1. The van der Waals surface area contributed by atoms with E-state index in [9.17, 15) is 13.5 Å². The third-order valence-electron chi connectivity index (χ3n) is 5.52. The predicted molar refractivity (Wildman–Crippen MR) is 122 cm³/mol. The summed E-state index contributed by atoms with van der Waals surface area (Å²) in [6.45, 7) is 5.50. The number of nitrogens with zero attached hydrogens (tertiary/aromatic N) is 3. The van der Waals surface area contributed by atoms with Crippen molar-refractivity contribution in [2.45, 2.75) is 11.8 Å². The molecule has 0 amide bonds. The van der Waals surface area contributed by atoms with Gasteiger partial charge in [0, 0.05) is 18.3 Å². The summed E-state index contributed by atoms with van der Waals surface area (Å²) in [5.41, 5.74) is 1.74. The highest BCUT2D eigenvalue weighted by atomic mass is 32.2. The number of para-hydroxylation sites is 1. The number of rotatable bonds is 6. The minimum atomic E-state index is -3.65. The molecule has 4 rings (SSSR count). The Morgan fingerprint density at radius 3 is 2.13 bits per heavy atom. The van der Waals surface area contributed by atoms with Crippen molar-refractivity contribution in [2.75, 3.05) is 46.8 Å². The number of sulfonamides is 1. The summed E-state index contributed by atoms with van der Waals surface area (Å²) < 4.78 is 27.7. The van der Waals surface area contributed by atoms with Crippen LogP contribution in [0.4, 0.5) is 17.2 Å². The molecule has 0 saturated carbocycles. The van der Waals surface area contributed by atoms with E-state index in [0.29, 0.717) is 12.2 Å². The Hall–Kier alpha value is -3.26. The molecular weight excluding hydrogens is 412 g/mol. The van der Waals surface area contributed by atoms with Gasteiger partial charge in [-0.25, -0.2) is 13.4 Å². The Morgan fingerprint density at radius 1 is 0.903 bits per heavy atom. The number of aromatic hydroxyl groups is 1. The van der Waals surface area contributed by atoms with Gasteiger partial charge in [-0.05, 0) is 49.4 Å². The number of phenols is 1. The third kappa shape index (κ3) is 4.44. The zero-order valence-corrected chi connectivity index (χ0v) is 18.3. The van der Waals surface area contributed by atoms with Crippen LogP contribution in [0.25, 0.3) is 0 Å². The first-order valence-corrected chi connectivity index (χ1v) is 11.8. The number of aromatic nitrogens is 1. The van der Waals surface area contributed by atoms with E-state index in [1.54, 1.807) is 36.5 Å². The molecule has 1 saturated heterocycles. The van der Waals surface area contributed by atoms with Crippen molar-refractivity contribution in [1.82, 2.24) is 0 Å². The Bertz CT molecular complexity index is 1100. The fourth-order valence-corrected chi connectivity index (χ4v) is 5.28. The van der Waals surface area contributed by atoms with Gasteiger partial charge < -0.3 is 10.0 Å². The molecule has 2 heterocycles. The third-order valence-corrected chi connectivity index (χ3v) is 7.42. The maximum absolute atomic E-state index is 13.1. The van der Waals surface area contributed by atoms with Crippen molar-refractivity contribution < 1.29 is 18.5 Å². The lowest BCUT2D eigenvalue weighted by Gasteiger charge is -2.32. The first-order valence-electron chi connectivity index (χ1n) is 10.4. The lowest BCUT2D eigenvalue weighted by molar-refractivity contribution is -0.367. The summed E-state index contributed by atoms with van der Waals surface area (Å²) >= 11 is 0. The van der Waals surface area contributed by atoms with Gasteiger partial charge in [0.1, 0.15) is 29.9 Å². The molecule has 1 fully saturated rings. The fourth-order valence-electron chi connectivity index (χ4n) is 3.84. The number of benzene rings is 2. The van der Waals surface area contributed by atoms with E-state index in [2.05, 4.69) is 14.8 Å². The van der Waals surface area contributed by atoms with Crippen LogP contribution in [0.5, 0.6) is 5.75 Å². The van der Waals surface area contributed by atoms with Crippen LogP contribution in [-0.2, 0) is 10.0 Å². The van der Waals surface area contributed by atoms with E-state index >= 15 is 0 Å². The monoisotopic (exact) mass is 439 g/mol. The lowest BCUT2D eigenvalue weighted by Crippen LogP contribution is -2.48. The molecule has 31 heavy (non-hydrogen) atoms. The number of H-pyrrole nitrogens is 1. The molecule has 0 spiro atoms. The molecule has 0 unspecified atom stereocenters. The fraction of sp³-hybridized carbons (Fsp3) is 0.261. The lowest BCUT2D eigenvalue weighted by atomic mass is 10.2. The smallest absolute Gasteiger partial charge is 0.274 e. The van der Waals surface area contributed by atoms with Gasteiger partial charge in [0.25, 0.3) is 15.8 Å². The second-order valence-corrected chi connectivity index (χ2v) is 9.27. The first kappa shape index (κ1) is 21.0. The van der Waals surface area contributed by atoms with E-state index in [1.807, 2.05) is 43.3 Å². The van der Waals surface area contributed by atoms with Gasteiger partial charge in [0.15, 0.2) is 0 Å². The van der Waals surface area contributed by atoms with Gasteiger partial charge in [0.2, 0.25) is 0 Å². The molecule has 162 valence electrons. The van der Waals surface area contributed by atoms with E-state index < -0.39 is 10.0 Å². The van der Waals surface area contributed by atoms with Crippen LogP contribution in [0.3, 0.4) is 0 Å².